The first kappa shape index (κ1) is 10.9. The van der Waals surface area contributed by atoms with E-state index in [1.54, 1.807) is 6.20 Å². The molecule has 2 rings (SSSR count). The molecule has 0 aliphatic carbocycles. The van der Waals surface area contributed by atoms with Gasteiger partial charge in [0, 0.05) is 12.0 Å². The minimum Gasteiger partial charge on any atom is -0.441 e. The highest BCUT2D eigenvalue weighted by molar-refractivity contribution is 5.53. The van der Waals surface area contributed by atoms with Crippen molar-refractivity contribution in [3.8, 4) is 11.5 Å². The topological polar surface area (TPSA) is 52.0 Å². The Kier molecular flexibility index (Phi) is 3.37. The smallest absolute Gasteiger partial charge is 0.226 e. The first-order valence-corrected chi connectivity index (χ1v) is 5.57. The molecule has 0 saturated heterocycles. The Morgan fingerprint density at radius 2 is 2.00 bits per heavy atom. The van der Waals surface area contributed by atoms with E-state index in [0.29, 0.717) is 12.4 Å². The predicted molar refractivity (Wildman–Crippen MR) is 64.1 cm³/mol. The lowest BCUT2D eigenvalue weighted by Crippen LogP contribution is -2.01. The second-order valence-electron chi connectivity index (χ2n) is 3.72. The molecule has 2 N–H and O–H groups in total. The lowest BCUT2D eigenvalue weighted by atomic mass is 10.1. The second kappa shape index (κ2) is 4.94. The summed E-state index contributed by atoms with van der Waals surface area (Å²) in [6.07, 6.45) is 3.53. The maximum Gasteiger partial charge on any atom is 0.226 e. The molecule has 0 atom stereocenters. The van der Waals surface area contributed by atoms with E-state index < -0.39 is 0 Å². The van der Waals surface area contributed by atoms with Gasteiger partial charge < -0.3 is 10.2 Å². The van der Waals surface area contributed by atoms with Crippen LogP contribution in [0.4, 0.5) is 0 Å². The van der Waals surface area contributed by atoms with Gasteiger partial charge in [-0.3, -0.25) is 0 Å². The summed E-state index contributed by atoms with van der Waals surface area (Å²) < 4.78 is 5.59. The monoisotopic (exact) mass is 216 g/mol. The number of hydrogen-bond donors (Lipinski definition) is 1. The molecule has 0 bridgehead atoms. The van der Waals surface area contributed by atoms with Crippen LogP contribution in [0.25, 0.3) is 11.5 Å². The van der Waals surface area contributed by atoms with E-state index >= 15 is 0 Å². The molecule has 84 valence electrons. The van der Waals surface area contributed by atoms with Gasteiger partial charge in [0.1, 0.15) is 5.76 Å². The van der Waals surface area contributed by atoms with Crippen molar-refractivity contribution in [1.29, 1.82) is 0 Å². The van der Waals surface area contributed by atoms with Crippen LogP contribution in [0.15, 0.2) is 34.9 Å². The van der Waals surface area contributed by atoms with Crippen LogP contribution in [0.3, 0.4) is 0 Å². The molecule has 0 aliphatic heterocycles. The van der Waals surface area contributed by atoms with Gasteiger partial charge in [-0.2, -0.15) is 0 Å². The summed E-state index contributed by atoms with van der Waals surface area (Å²) in [6, 6.07) is 8.28. The van der Waals surface area contributed by atoms with Crippen molar-refractivity contribution < 1.29 is 4.42 Å². The molecule has 0 fully saturated rings. The van der Waals surface area contributed by atoms with Crippen LogP contribution in [0.5, 0.6) is 0 Å². The molecule has 16 heavy (non-hydrogen) atoms. The van der Waals surface area contributed by atoms with Gasteiger partial charge >= 0.3 is 0 Å². The van der Waals surface area contributed by atoms with Crippen molar-refractivity contribution in [1.82, 2.24) is 4.98 Å². The van der Waals surface area contributed by atoms with Gasteiger partial charge in [-0.1, -0.05) is 19.1 Å². The average molecular weight is 216 g/mol. The summed E-state index contributed by atoms with van der Waals surface area (Å²) in [5.41, 5.74) is 7.79. The normalized spacial score (nSPS) is 10.6. The standard InChI is InChI=1S/C13H16N2O/c1-2-10-3-5-11(6-4-10)13-15-9-12(16-13)7-8-14/h3-6,9H,2,7-8,14H2,1H3. The first-order valence-electron chi connectivity index (χ1n) is 5.57. The molecular weight excluding hydrogens is 200 g/mol. The van der Waals surface area contributed by atoms with Crippen LogP contribution in [0, 0.1) is 0 Å². The zero-order chi connectivity index (χ0) is 11.4. The summed E-state index contributed by atoms with van der Waals surface area (Å²) in [6.45, 7) is 2.73. The van der Waals surface area contributed by atoms with E-state index in [0.717, 1.165) is 24.2 Å². The van der Waals surface area contributed by atoms with E-state index in [4.69, 9.17) is 10.2 Å². The first-order chi connectivity index (χ1) is 7.83. The fraction of sp³-hybridized carbons (Fsp3) is 0.308. The van der Waals surface area contributed by atoms with Gasteiger partial charge in [0.2, 0.25) is 5.89 Å². The third-order valence-corrected chi connectivity index (χ3v) is 2.55. The largest absolute Gasteiger partial charge is 0.441 e. The lowest BCUT2D eigenvalue weighted by Gasteiger charge is -1.98. The maximum absolute atomic E-state index is 5.59. The molecule has 0 spiro atoms. The highest BCUT2D eigenvalue weighted by Gasteiger charge is 2.05. The van der Waals surface area contributed by atoms with E-state index in [1.165, 1.54) is 5.56 Å². The van der Waals surface area contributed by atoms with E-state index in [-0.39, 0.29) is 0 Å². The van der Waals surface area contributed by atoms with Crippen molar-refractivity contribution in [3.63, 3.8) is 0 Å². The molecule has 3 heteroatoms. The molecule has 1 aromatic heterocycles. The molecule has 2 aromatic rings. The molecule has 0 radical (unpaired) electrons. The fourth-order valence-corrected chi connectivity index (χ4v) is 1.58. The number of rotatable bonds is 4. The van der Waals surface area contributed by atoms with E-state index in [9.17, 15) is 0 Å². The molecule has 0 unspecified atom stereocenters. The van der Waals surface area contributed by atoms with Gasteiger partial charge in [0.25, 0.3) is 0 Å². The summed E-state index contributed by atoms with van der Waals surface area (Å²) in [4.78, 5) is 4.24. The van der Waals surface area contributed by atoms with Crippen molar-refractivity contribution in [2.75, 3.05) is 6.54 Å². The Morgan fingerprint density at radius 3 is 2.62 bits per heavy atom. The van der Waals surface area contributed by atoms with Gasteiger partial charge in [0.15, 0.2) is 0 Å². The molecule has 0 aliphatic rings. The Morgan fingerprint density at radius 1 is 1.25 bits per heavy atom. The fourth-order valence-electron chi connectivity index (χ4n) is 1.58. The summed E-state index contributed by atoms with van der Waals surface area (Å²) in [5, 5.41) is 0. The van der Waals surface area contributed by atoms with E-state index in [2.05, 4.69) is 24.0 Å². The number of oxazole rings is 1. The van der Waals surface area contributed by atoms with Crippen molar-refractivity contribution in [3.05, 3.63) is 41.8 Å². The number of nitrogens with zero attached hydrogens (tertiary/aromatic N) is 1. The van der Waals surface area contributed by atoms with Crippen molar-refractivity contribution >= 4 is 0 Å². The predicted octanol–water partition coefficient (Wildman–Crippen LogP) is 2.41. The minimum atomic E-state index is 0.587. The number of aryl methyl sites for hydroxylation is 1. The Bertz CT molecular complexity index is 445. The van der Waals surface area contributed by atoms with Crippen LogP contribution in [0.2, 0.25) is 0 Å². The highest BCUT2D eigenvalue weighted by Crippen LogP contribution is 2.19. The molecule has 3 nitrogen and oxygen atoms in total. The summed E-state index contributed by atoms with van der Waals surface area (Å²) in [7, 11) is 0. The SMILES string of the molecule is CCc1ccc(-c2ncc(CCN)o2)cc1. The molecule has 0 saturated carbocycles. The van der Waals surface area contributed by atoms with Crippen LogP contribution in [0.1, 0.15) is 18.2 Å². The third kappa shape index (κ3) is 2.31. The maximum atomic E-state index is 5.59. The number of hydrogen-bond acceptors (Lipinski definition) is 3. The number of nitrogens with two attached hydrogens (primary N) is 1. The van der Waals surface area contributed by atoms with E-state index in [1.807, 2.05) is 12.1 Å². The van der Waals surface area contributed by atoms with Gasteiger partial charge in [-0.15, -0.1) is 0 Å². The lowest BCUT2D eigenvalue weighted by molar-refractivity contribution is 0.519. The van der Waals surface area contributed by atoms with Crippen LogP contribution in [-0.4, -0.2) is 11.5 Å². The zero-order valence-electron chi connectivity index (χ0n) is 9.44. The molecular formula is C13H16N2O. The Labute approximate surface area is 95.3 Å². The molecule has 0 amide bonds. The Balaban J connectivity index is 2.21. The molecule has 1 aromatic carbocycles. The zero-order valence-corrected chi connectivity index (χ0v) is 9.44. The second-order valence-corrected chi connectivity index (χ2v) is 3.72. The number of benzene rings is 1. The summed E-state index contributed by atoms with van der Waals surface area (Å²) >= 11 is 0. The Hall–Kier alpha value is -1.61. The van der Waals surface area contributed by atoms with Gasteiger partial charge in [-0.25, -0.2) is 4.98 Å². The van der Waals surface area contributed by atoms with Gasteiger partial charge in [0.05, 0.1) is 6.20 Å². The quantitative estimate of drug-likeness (QED) is 0.853. The summed E-state index contributed by atoms with van der Waals surface area (Å²) in [5.74, 6) is 1.52. The highest BCUT2D eigenvalue weighted by atomic mass is 16.4. The third-order valence-electron chi connectivity index (χ3n) is 2.55. The van der Waals surface area contributed by atoms with Crippen molar-refractivity contribution in [2.45, 2.75) is 19.8 Å². The van der Waals surface area contributed by atoms with Crippen molar-refractivity contribution in [2.24, 2.45) is 5.73 Å². The molecule has 1 heterocycles. The van der Waals surface area contributed by atoms with Crippen LogP contribution in [-0.2, 0) is 12.8 Å². The van der Waals surface area contributed by atoms with Gasteiger partial charge in [-0.05, 0) is 30.7 Å². The van der Waals surface area contributed by atoms with Crippen LogP contribution < -0.4 is 5.73 Å². The van der Waals surface area contributed by atoms with Crippen LogP contribution >= 0.6 is 0 Å². The minimum absolute atomic E-state index is 0.587. The number of aromatic nitrogens is 1. The average Bonchev–Trinajstić information content (AvgIpc) is 2.78.